The second-order valence-corrected chi connectivity index (χ2v) is 9.74. The topological polar surface area (TPSA) is 17.1 Å². The highest BCUT2D eigenvalue weighted by Crippen LogP contribution is 2.42. The van der Waals surface area contributed by atoms with Crippen LogP contribution in [-0.2, 0) is 4.79 Å². The van der Waals surface area contributed by atoms with Gasteiger partial charge in [0.1, 0.15) is 5.78 Å². The standard InChI is InChI=1S/C23H42O/c1-19(2)23(5,6)18-22(3,4)17-20-15-13-11-9-7-8-10-12-14-16-21(20)24/h20H,1,7-18H2,2-6H3. The molecule has 0 bridgehead atoms. The van der Waals surface area contributed by atoms with E-state index in [0.29, 0.717) is 5.78 Å². The Morgan fingerprint density at radius 3 is 2.00 bits per heavy atom. The summed E-state index contributed by atoms with van der Waals surface area (Å²) in [7, 11) is 0. The maximum atomic E-state index is 12.8. The molecule has 1 atom stereocenters. The van der Waals surface area contributed by atoms with Crippen molar-refractivity contribution in [1.29, 1.82) is 0 Å². The van der Waals surface area contributed by atoms with E-state index in [9.17, 15) is 4.79 Å². The first-order chi connectivity index (χ1) is 11.1. The maximum absolute atomic E-state index is 12.8. The normalized spacial score (nSPS) is 22.5. The highest BCUT2D eigenvalue weighted by atomic mass is 16.1. The third kappa shape index (κ3) is 7.99. The van der Waals surface area contributed by atoms with Crippen LogP contribution in [0.15, 0.2) is 12.2 Å². The maximum Gasteiger partial charge on any atom is 0.135 e. The van der Waals surface area contributed by atoms with Crippen LogP contribution in [-0.4, -0.2) is 5.78 Å². The van der Waals surface area contributed by atoms with Gasteiger partial charge in [-0.05, 0) is 43.4 Å². The van der Waals surface area contributed by atoms with Crippen molar-refractivity contribution in [2.24, 2.45) is 16.7 Å². The van der Waals surface area contributed by atoms with Crippen LogP contribution in [0.4, 0.5) is 0 Å². The Labute approximate surface area is 151 Å². The number of ketones is 1. The van der Waals surface area contributed by atoms with Crippen LogP contribution in [0.5, 0.6) is 0 Å². The van der Waals surface area contributed by atoms with Crippen molar-refractivity contribution in [3.05, 3.63) is 12.2 Å². The van der Waals surface area contributed by atoms with Crippen molar-refractivity contribution in [3.8, 4) is 0 Å². The van der Waals surface area contributed by atoms with Gasteiger partial charge in [0.15, 0.2) is 0 Å². The van der Waals surface area contributed by atoms with Crippen molar-refractivity contribution >= 4 is 5.78 Å². The third-order valence-electron chi connectivity index (χ3n) is 6.06. The van der Waals surface area contributed by atoms with E-state index in [1.165, 1.54) is 50.5 Å². The minimum absolute atomic E-state index is 0.151. The molecule has 1 heteroatoms. The largest absolute Gasteiger partial charge is 0.299 e. The molecule has 0 spiro atoms. The van der Waals surface area contributed by atoms with Gasteiger partial charge in [-0.15, -0.1) is 0 Å². The zero-order valence-corrected chi connectivity index (χ0v) is 17.2. The number of allylic oxidation sites excluding steroid dienone is 1. The van der Waals surface area contributed by atoms with Gasteiger partial charge in [0.25, 0.3) is 0 Å². The number of Topliss-reactive ketones (excluding diaryl/α,β-unsaturated/α-hetero) is 1. The van der Waals surface area contributed by atoms with Gasteiger partial charge in [-0.1, -0.05) is 84.8 Å². The molecule has 0 heterocycles. The molecule has 24 heavy (non-hydrogen) atoms. The highest BCUT2D eigenvalue weighted by molar-refractivity contribution is 5.81. The van der Waals surface area contributed by atoms with Crippen LogP contribution in [0.25, 0.3) is 0 Å². The molecule has 1 aliphatic carbocycles. The zero-order chi connectivity index (χ0) is 18.2. The lowest BCUT2D eigenvalue weighted by Gasteiger charge is -2.37. The summed E-state index contributed by atoms with van der Waals surface area (Å²) in [6, 6.07) is 0. The van der Waals surface area contributed by atoms with Crippen LogP contribution in [0.3, 0.4) is 0 Å². The summed E-state index contributed by atoms with van der Waals surface area (Å²) >= 11 is 0. The number of rotatable bonds is 5. The molecule has 1 nitrogen and oxygen atoms in total. The van der Waals surface area contributed by atoms with Crippen molar-refractivity contribution in [2.45, 2.75) is 112 Å². The summed E-state index contributed by atoms with van der Waals surface area (Å²) in [5.41, 5.74) is 1.60. The first kappa shape index (κ1) is 21.5. The van der Waals surface area contributed by atoms with E-state index in [2.05, 4.69) is 41.2 Å². The second kappa shape index (κ2) is 9.78. The smallest absolute Gasteiger partial charge is 0.135 e. The van der Waals surface area contributed by atoms with Gasteiger partial charge in [-0.25, -0.2) is 0 Å². The number of hydrogen-bond donors (Lipinski definition) is 0. The summed E-state index contributed by atoms with van der Waals surface area (Å²) < 4.78 is 0. The molecule has 0 aromatic carbocycles. The van der Waals surface area contributed by atoms with E-state index in [1.807, 2.05) is 0 Å². The number of carbonyl (C=O) groups excluding carboxylic acids is 1. The fraction of sp³-hybridized carbons (Fsp3) is 0.870. The summed E-state index contributed by atoms with van der Waals surface area (Å²) in [5.74, 6) is 0.817. The average molecular weight is 335 g/mol. The lowest BCUT2D eigenvalue weighted by atomic mass is 9.67. The van der Waals surface area contributed by atoms with Crippen LogP contribution >= 0.6 is 0 Å². The van der Waals surface area contributed by atoms with Gasteiger partial charge < -0.3 is 0 Å². The fourth-order valence-corrected chi connectivity index (χ4v) is 4.42. The first-order valence-electron chi connectivity index (χ1n) is 10.3. The molecular formula is C23H42O. The van der Waals surface area contributed by atoms with Gasteiger partial charge in [0.05, 0.1) is 0 Å². The predicted molar refractivity (Wildman–Crippen MR) is 106 cm³/mol. The predicted octanol–water partition coefficient (Wildman–Crippen LogP) is 7.50. The van der Waals surface area contributed by atoms with Crippen LogP contribution in [0.2, 0.25) is 0 Å². The Hall–Kier alpha value is -0.590. The van der Waals surface area contributed by atoms with Crippen molar-refractivity contribution in [3.63, 3.8) is 0 Å². The third-order valence-corrected chi connectivity index (χ3v) is 6.06. The summed E-state index contributed by atoms with van der Waals surface area (Å²) in [6.45, 7) is 15.6. The molecule has 0 aromatic rings. The molecule has 0 aliphatic heterocycles. The first-order valence-corrected chi connectivity index (χ1v) is 10.3. The molecule has 0 N–H and O–H groups in total. The van der Waals surface area contributed by atoms with Crippen molar-refractivity contribution in [1.82, 2.24) is 0 Å². The monoisotopic (exact) mass is 334 g/mol. The fourth-order valence-electron chi connectivity index (χ4n) is 4.42. The van der Waals surface area contributed by atoms with E-state index >= 15 is 0 Å². The lowest BCUT2D eigenvalue weighted by molar-refractivity contribution is -0.124. The lowest BCUT2D eigenvalue weighted by Crippen LogP contribution is -2.29. The van der Waals surface area contributed by atoms with Gasteiger partial charge in [0, 0.05) is 12.3 Å². The molecular weight excluding hydrogens is 292 g/mol. The quantitative estimate of drug-likeness (QED) is 0.476. The molecule has 0 saturated heterocycles. The summed E-state index contributed by atoms with van der Waals surface area (Å²) in [5, 5.41) is 0. The molecule has 1 rings (SSSR count). The second-order valence-electron chi connectivity index (χ2n) is 9.74. The van der Waals surface area contributed by atoms with Gasteiger partial charge in [0.2, 0.25) is 0 Å². The summed E-state index contributed by atoms with van der Waals surface area (Å²) in [6.07, 6.45) is 14.4. The number of hydrogen-bond acceptors (Lipinski definition) is 1. The van der Waals surface area contributed by atoms with E-state index in [-0.39, 0.29) is 16.7 Å². The molecule has 1 aliphatic rings. The van der Waals surface area contributed by atoms with Crippen molar-refractivity contribution < 1.29 is 4.79 Å². The van der Waals surface area contributed by atoms with Crippen molar-refractivity contribution in [2.75, 3.05) is 0 Å². The average Bonchev–Trinajstić information content (AvgIpc) is 2.44. The van der Waals surface area contributed by atoms with Crippen LogP contribution in [0, 0.1) is 16.7 Å². The molecule has 0 amide bonds. The Bertz CT molecular complexity index is 402. The van der Waals surface area contributed by atoms with Crippen LogP contribution < -0.4 is 0 Å². The Balaban J connectivity index is 2.70. The van der Waals surface area contributed by atoms with E-state index in [0.717, 1.165) is 32.1 Å². The Morgan fingerprint density at radius 1 is 0.958 bits per heavy atom. The molecule has 140 valence electrons. The molecule has 0 aromatic heterocycles. The zero-order valence-electron chi connectivity index (χ0n) is 17.2. The molecule has 1 fully saturated rings. The SMILES string of the molecule is C=C(C)C(C)(C)CC(C)(C)CC1CCCCCCCCCCC1=O. The molecule has 0 radical (unpaired) electrons. The molecule has 1 saturated carbocycles. The minimum Gasteiger partial charge on any atom is -0.299 e. The van der Waals surface area contributed by atoms with E-state index in [4.69, 9.17) is 0 Å². The van der Waals surface area contributed by atoms with Gasteiger partial charge >= 0.3 is 0 Å². The number of carbonyl (C=O) groups is 1. The van der Waals surface area contributed by atoms with Gasteiger partial charge in [-0.3, -0.25) is 4.79 Å². The molecule has 1 unspecified atom stereocenters. The highest BCUT2D eigenvalue weighted by Gasteiger charge is 2.33. The van der Waals surface area contributed by atoms with Crippen LogP contribution in [0.1, 0.15) is 112 Å². The van der Waals surface area contributed by atoms with E-state index < -0.39 is 0 Å². The van der Waals surface area contributed by atoms with Gasteiger partial charge in [-0.2, -0.15) is 0 Å². The summed E-state index contributed by atoms with van der Waals surface area (Å²) in [4.78, 5) is 12.8. The Kier molecular flexibility index (Phi) is 8.74. The Morgan fingerprint density at radius 2 is 1.46 bits per heavy atom. The minimum atomic E-state index is 0.151. The van der Waals surface area contributed by atoms with E-state index in [1.54, 1.807) is 0 Å².